The molecule has 4 rings (SSSR count). The Balaban J connectivity index is 1.58. The van der Waals surface area contributed by atoms with Crippen molar-refractivity contribution in [1.82, 2.24) is 10.4 Å². The maximum Gasteiger partial charge on any atom is 0.276 e. The van der Waals surface area contributed by atoms with Crippen LogP contribution in [0, 0.1) is 3.57 Å². The fraction of sp³-hybridized carbons (Fsp3) is 0.200. The van der Waals surface area contributed by atoms with Crippen molar-refractivity contribution in [3.63, 3.8) is 0 Å². The molecule has 0 saturated carbocycles. The van der Waals surface area contributed by atoms with Crippen molar-refractivity contribution in [3.05, 3.63) is 93.1 Å². The molecule has 0 radical (unpaired) electrons. The second-order valence-corrected chi connectivity index (χ2v) is 8.74. The average Bonchev–Trinajstić information content (AvgIpc) is 2.82. The summed E-state index contributed by atoms with van der Waals surface area (Å²) in [5.41, 5.74) is 5.37. The highest BCUT2D eigenvalue weighted by Gasteiger charge is 2.34. The lowest BCUT2D eigenvalue weighted by Gasteiger charge is -2.37. The van der Waals surface area contributed by atoms with Crippen LogP contribution in [0.25, 0.3) is 0 Å². The van der Waals surface area contributed by atoms with E-state index in [4.69, 9.17) is 4.74 Å². The molecule has 7 heteroatoms. The summed E-state index contributed by atoms with van der Waals surface area (Å²) in [6, 6.07) is 22.2. The Morgan fingerprint density at radius 3 is 2.56 bits per heavy atom. The van der Waals surface area contributed by atoms with E-state index in [1.54, 1.807) is 24.3 Å². The molecule has 164 valence electrons. The second kappa shape index (κ2) is 10.0. The first-order valence-corrected chi connectivity index (χ1v) is 11.6. The van der Waals surface area contributed by atoms with Gasteiger partial charge in [0.25, 0.3) is 11.8 Å². The summed E-state index contributed by atoms with van der Waals surface area (Å²) >= 11 is 2.17. The van der Waals surface area contributed by atoms with Crippen molar-refractivity contribution < 1.29 is 14.3 Å². The number of amides is 2. The molecule has 0 spiro atoms. The summed E-state index contributed by atoms with van der Waals surface area (Å²) in [6.07, 6.45) is 1.51. The first-order chi connectivity index (χ1) is 15.6. The number of ether oxygens (including phenoxy) is 1. The third kappa shape index (κ3) is 4.88. The fourth-order valence-corrected chi connectivity index (χ4v) is 3.96. The van der Waals surface area contributed by atoms with Gasteiger partial charge in [-0.15, -0.1) is 0 Å². The van der Waals surface area contributed by atoms with Gasteiger partial charge >= 0.3 is 0 Å². The maximum absolute atomic E-state index is 13.4. The zero-order valence-corrected chi connectivity index (χ0v) is 19.8. The van der Waals surface area contributed by atoms with E-state index in [2.05, 4.69) is 40.3 Å². The van der Waals surface area contributed by atoms with Gasteiger partial charge in [-0.3, -0.25) is 15.0 Å². The lowest BCUT2D eigenvalue weighted by atomic mass is 10.0. The highest BCUT2D eigenvalue weighted by Crippen LogP contribution is 2.33. The highest BCUT2D eigenvalue weighted by atomic mass is 127. The van der Waals surface area contributed by atoms with Crippen LogP contribution in [0.3, 0.4) is 0 Å². The third-order valence-electron chi connectivity index (χ3n) is 5.20. The molecule has 2 N–H and O–H groups in total. The third-order valence-corrected chi connectivity index (χ3v) is 5.87. The number of hydrogen-bond acceptors (Lipinski definition) is 4. The minimum absolute atomic E-state index is 0.265. The quantitative estimate of drug-likeness (QED) is 0.311. The van der Waals surface area contributed by atoms with Crippen LogP contribution in [0.4, 0.5) is 5.69 Å². The highest BCUT2D eigenvalue weighted by molar-refractivity contribution is 14.1. The standard InChI is InChI=1S/C25H24IN3O3/c1-2-3-15-32-20-12-9-18(10-13-20)24(30)28-29-23(17-7-5-4-6-8-17)27-22-14-11-19(26)16-21(22)25(29)31/h4-14,16,23,27H,2-3,15H2,1H3,(H,28,30)/t23-/m0/s1. The predicted octanol–water partition coefficient (Wildman–Crippen LogP) is 5.38. The Hall–Kier alpha value is -3.07. The molecule has 3 aromatic carbocycles. The SMILES string of the molecule is CCCCOc1ccc(C(=O)NN2C(=O)c3cc(I)ccc3N[C@@H]2c2ccccc2)cc1. The number of rotatable bonds is 7. The molecule has 1 aliphatic rings. The molecule has 1 heterocycles. The van der Waals surface area contributed by atoms with Gasteiger partial charge in [0.05, 0.1) is 12.2 Å². The average molecular weight is 541 g/mol. The number of hydrogen-bond donors (Lipinski definition) is 2. The Kier molecular flexibility index (Phi) is 6.94. The van der Waals surface area contributed by atoms with E-state index in [1.165, 1.54) is 5.01 Å². The molecule has 0 fully saturated rings. The van der Waals surface area contributed by atoms with Crippen molar-refractivity contribution in [1.29, 1.82) is 0 Å². The van der Waals surface area contributed by atoms with Crippen molar-refractivity contribution in [2.45, 2.75) is 25.9 Å². The molecular weight excluding hydrogens is 517 g/mol. The first-order valence-electron chi connectivity index (χ1n) is 10.5. The number of carbonyl (C=O) groups excluding carboxylic acids is 2. The number of unbranched alkanes of at least 4 members (excludes halogenated alkanes) is 1. The van der Waals surface area contributed by atoms with Crippen molar-refractivity contribution >= 4 is 40.1 Å². The normalized spacial score (nSPS) is 15.0. The van der Waals surface area contributed by atoms with E-state index >= 15 is 0 Å². The van der Waals surface area contributed by atoms with Crippen molar-refractivity contribution in [2.75, 3.05) is 11.9 Å². The Morgan fingerprint density at radius 2 is 1.84 bits per heavy atom. The van der Waals surface area contributed by atoms with Gasteiger partial charge in [-0.1, -0.05) is 43.7 Å². The van der Waals surface area contributed by atoms with Crippen LogP contribution in [-0.2, 0) is 0 Å². The number of nitrogens with one attached hydrogen (secondary N) is 2. The van der Waals surface area contributed by atoms with Crippen molar-refractivity contribution in [2.24, 2.45) is 0 Å². The Labute approximate surface area is 201 Å². The van der Waals surface area contributed by atoms with Crippen LogP contribution in [0.5, 0.6) is 5.75 Å². The van der Waals surface area contributed by atoms with Gasteiger partial charge in [0.15, 0.2) is 0 Å². The van der Waals surface area contributed by atoms with Gasteiger partial charge in [-0.2, -0.15) is 0 Å². The molecule has 2 amide bonds. The molecule has 32 heavy (non-hydrogen) atoms. The summed E-state index contributed by atoms with van der Waals surface area (Å²) in [6.45, 7) is 2.75. The minimum atomic E-state index is -0.531. The largest absolute Gasteiger partial charge is 0.494 e. The lowest BCUT2D eigenvalue weighted by Crippen LogP contribution is -2.52. The second-order valence-electron chi connectivity index (χ2n) is 7.49. The molecule has 0 saturated heterocycles. The summed E-state index contributed by atoms with van der Waals surface area (Å²) in [4.78, 5) is 26.4. The molecular formula is C25H24IN3O3. The maximum atomic E-state index is 13.4. The predicted molar refractivity (Wildman–Crippen MR) is 132 cm³/mol. The van der Waals surface area contributed by atoms with Crippen LogP contribution < -0.4 is 15.5 Å². The Morgan fingerprint density at radius 1 is 1.09 bits per heavy atom. The van der Waals surface area contributed by atoms with Gasteiger partial charge in [-0.05, 0) is 77.0 Å². The van der Waals surface area contributed by atoms with Gasteiger partial charge in [0.1, 0.15) is 11.9 Å². The van der Waals surface area contributed by atoms with Crippen LogP contribution >= 0.6 is 22.6 Å². The number of benzene rings is 3. The van der Waals surface area contributed by atoms with E-state index in [-0.39, 0.29) is 11.8 Å². The summed E-state index contributed by atoms with van der Waals surface area (Å²) in [7, 11) is 0. The molecule has 0 aromatic heterocycles. The molecule has 1 aliphatic heterocycles. The van der Waals surface area contributed by atoms with E-state index < -0.39 is 6.17 Å². The van der Waals surface area contributed by atoms with Gasteiger partial charge in [0.2, 0.25) is 0 Å². The van der Waals surface area contributed by atoms with E-state index in [0.717, 1.165) is 33.4 Å². The number of nitrogens with zero attached hydrogens (tertiary/aromatic N) is 1. The number of hydrazine groups is 1. The number of halogens is 1. The zero-order chi connectivity index (χ0) is 22.5. The van der Waals surface area contributed by atoms with E-state index in [1.807, 2.05) is 48.5 Å². The first kappa shape index (κ1) is 22.1. The van der Waals surface area contributed by atoms with Gasteiger partial charge in [0, 0.05) is 14.8 Å². The molecule has 3 aromatic rings. The van der Waals surface area contributed by atoms with E-state index in [9.17, 15) is 9.59 Å². The van der Waals surface area contributed by atoms with Crippen LogP contribution in [-0.4, -0.2) is 23.4 Å². The summed E-state index contributed by atoms with van der Waals surface area (Å²) in [5, 5.41) is 4.75. The molecule has 1 atom stereocenters. The molecule has 0 bridgehead atoms. The topological polar surface area (TPSA) is 70.7 Å². The molecule has 6 nitrogen and oxygen atoms in total. The summed E-state index contributed by atoms with van der Waals surface area (Å²) in [5.74, 6) is 0.0886. The van der Waals surface area contributed by atoms with Crippen LogP contribution in [0.2, 0.25) is 0 Å². The number of carbonyl (C=O) groups is 2. The lowest BCUT2D eigenvalue weighted by molar-refractivity contribution is 0.0491. The van der Waals surface area contributed by atoms with Gasteiger partial charge in [-0.25, -0.2) is 5.01 Å². The minimum Gasteiger partial charge on any atom is -0.494 e. The van der Waals surface area contributed by atoms with Crippen molar-refractivity contribution in [3.8, 4) is 5.75 Å². The summed E-state index contributed by atoms with van der Waals surface area (Å²) < 4.78 is 6.61. The zero-order valence-electron chi connectivity index (χ0n) is 17.7. The van der Waals surface area contributed by atoms with Crippen LogP contribution in [0.15, 0.2) is 72.8 Å². The number of fused-ring (bicyclic) bond motifs is 1. The van der Waals surface area contributed by atoms with E-state index in [0.29, 0.717) is 17.7 Å². The fourth-order valence-electron chi connectivity index (χ4n) is 3.47. The smallest absolute Gasteiger partial charge is 0.276 e. The monoisotopic (exact) mass is 541 g/mol. The van der Waals surface area contributed by atoms with Crippen LogP contribution in [0.1, 0.15) is 52.2 Å². The molecule has 0 aliphatic carbocycles. The van der Waals surface area contributed by atoms with Gasteiger partial charge < -0.3 is 10.1 Å². The number of anilines is 1. The molecule has 0 unspecified atom stereocenters. The Bertz CT molecular complexity index is 1100.